The predicted octanol–water partition coefficient (Wildman–Crippen LogP) is 5.61. The molecule has 0 aliphatic carbocycles. The maximum atomic E-state index is 14.6. The maximum absolute atomic E-state index is 14.6. The molecule has 0 aliphatic heterocycles. The number of nitrogens with one attached hydrogen (secondary N) is 1. The van der Waals surface area contributed by atoms with Crippen molar-refractivity contribution < 1.29 is 22.7 Å². The molecule has 8 nitrogen and oxygen atoms in total. The van der Waals surface area contributed by atoms with Crippen LogP contribution in [-0.4, -0.2) is 51.4 Å². The Labute approximate surface area is 266 Å². The van der Waals surface area contributed by atoms with Gasteiger partial charge in [0, 0.05) is 19.5 Å². The van der Waals surface area contributed by atoms with Crippen LogP contribution in [0.25, 0.3) is 0 Å². The average Bonchev–Trinajstić information content (AvgIpc) is 3.05. The summed E-state index contributed by atoms with van der Waals surface area (Å²) in [6, 6.07) is 31.0. The number of methoxy groups -OCH3 is 1. The molecule has 0 spiro atoms. The quantitative estimate of drug-likeness (QED) is 0.196. The number of anilines is 1. The standard InChI is InChI=1S/C36H41N3O5S/c1-27(2)24-37-36(41)34(23-29-15-7-5-8-16-29)38(25-30-17-13-18-31(22-30)44-4)35(40)26-39(33-21-12-11-14-28(33)3)45(42,43)32-19-9-6-10-20-32/h5-22,27,34H,23-26H2,1-4H3,(H,37,41)/t34-/m1/s1. The Morgan fingerprint density at radius 2 is 1.44 bits per heavy atom. The van der Waals surface area contributed by atoms with E-state index in [4.69, 9.17) is 4.74 Å². The van der Waals surface area contributed by atoms with E-state index in [0.717, 1.165) is 15.4 Å². The highest BCUT2D eigenvalue weighted by atomic mass is 32.2. The van der Waals surface area contributed by atoms with Crippen LogP contribution in [0.1, 0.15) is 30.5 Å². The summed E-state index contributed by atoms with van der Waals surface area (Å²) in [5, 5.41) is 3.01. The number of rotatable bonds is 14. The summed E-state index contributed by atoms with van der Waals surface area (Å²) in [5.74, 6) is -0.0169. The van der Waals surface area contributed by atoms with E-state index in [1.165, 1.54) is 17.0 Å². The van der Waals surface area contributed by atoms with Crippen LogP contribution in [0.4, 0.5) is 5.69 Å². The highest BCUT2D eigenvalue weighted by Gasteiger charge is 2.35. The average molecular weight is 628 g/mol. The molecule has 0 saturated carbocycles. The first-order valence-corrected chi connectivity index (χ1v) is 16.4. The zero-order valence-electron chi connectivity index (χ0n) is 26.2. The number of carbonyl (C=O) groups excluding carboxylic acids is 2. The second-order valence-electron chi connectivity index (χ2n) is 11.3. The van der Waals surface area contributed by atoms with Gasteiger partial charge in [0.05, 0.1) is 17.7 Å². The van der Waals surface area contributed by atoms with Crippen molar-refractivity contribution in [3.05, 3.63) is 126 Å². The number of amides is 2. The number of hydrogen-bond donors (Lipinski definition) is 1. The lowest BCUT2D eigenvalue weighted by atomic mass is 10.0. The number of carbonyl (C=O) groups is 2. The van der Waals surface area contributed by atoms with Gasteiger partial charge in [-0.1, -0.05) is 92.7 Å². The topological polar surface area (TPSA) is 96.0 Å². The molecule has 4 rings (SSSR count). The Morgan fingerprint density at radius 3 is 2.09 bits per heavy atom. The Balaban J connectivity index is 1.81. The Hall–Kier alpha value is -4.63. The largest absolute Gasteiger partial charge is 0.497 e. The van der Waals surface area contributed by atoms with Gasteiger partial charge in [-0.25, -0.2) is 8.42 Å². The molecule has 0 unspecified atom stereocenters. The summed E-state index contributed by atoms with van der Waals surface area (Å²) in [7, 11) is -2.59. The van der Waals surface area contributed by atoms with Crippen molar-refractivity contribution >= 4 is 27.5 Å². The normalized spacial score (nSPS) is 11.9. The molecule has 1 atom stereocenters. The van der Waals surface area contributed by atoms with Crippen LogP contribution in [-0.2, 0) is 32.6 Å². The molecule has 4 aromatic carbocycles. The lowest BCUT2D eigenvalue weighted by Crippen LogP contribution is -2.53. The van der Waals surface area contributed by atoms with E-state index in [2.05, 4.69) is 5.32 Å². The second-order valence-corrected chi connectivity index (χ2v) is 13.2. The van der Waals surface area contributed by atoms with Crippen molar-refractivity contribution in [3.8, 4) is 5.75 Å². The van der Waals surface area contributed by atoms with Crippen LogP contribution in [0.15, 0.2) is 114 Å². The number of hydrogen-bond acceptors (Lipinski definition) is 5. The van der Waals surface area contributed by atoms with Crippen LogP contribution in [0.5, 0.6) is 5.75 Å². The summed E-state index contributed by atoms with van der Waals surface area (Å²) >= 11 is 0. The van der Waals surface area contributed by atoms with E-state index in [1.807, 2.05) is 68.4 Å². The summed E-state index contributed by atoms with van der Waals surface area (Å²) in [6.45, 7) is 5.80. The minimum absolute atomic E-state index is 0.0651. The molecule has 1 N–H and O–H groups in total. The number of sulfonamides is 1. The van der Waals surface area contributed by atoms with Gasteiger partial charge >= 0.3 is 0 Å². The molecule has 0 fully saturated rings. The lowest BCUT2D eigenvalue weighted by Gasteiger charge is -2.34. The number of nitrogens with zero attached hydrogens (tertiary/aromatic N) is 2. The Morgan fingerprint density at radius 1 is 0.822 bits per heavy atom. The van der Waals surface area contributed by atoms with Crippen LogP contribution in [0.3, 0.4) is 0 Å². The summed E-state index contributed by atoms with van der Waals surface area (Å²) in [6.07, 6.45) is 0.246. The second kappa shape index (κ2) is 15.4. The first-order chi connectivity index (χ1) is 21.6. The monoisotopic (exact) mass is 627 g/mol. The summed E-state index contributed by atoms with van der Waals surface area (Å²) in [4.78, 5) is 30.0. The van der Waals surface area contributed by atoms with E-state index in [-0.39, 0.29) is 29.7 Å². The molecular formula is C36H41N3O5S. The van der Waals surface area contributed by atoms with E-state index in [9.17, 15) is 18.0 Å². The molecule has 0 saturated heterocycles. The minimum Gasteiger partial charge on any atom is -0.497 e. The van der Waals surface area contributed by atoms with E-state index in [0.29, 0.717) is 23.5 Å². The third-order valence-corrected chi connectivity index (χ3v) is 9.21. The fraction of sp³-hybridized carbons (Fsp3) is 0.278. The highest BCUT2D eigenvalue weighted by molar-refractivity contribution is 7.92. The Bertz CT molecular complexity index is 1680. The van der Waals surface area contributed by atoms with Crippen LogP contribution < -0.4 is 14.4 Å². The van der Waals surface area contributed by atoms with Crippen molar-refractivity contribution in [2.75, 3.05) is 24.5 Å². The molecule has 0 aliphatic rings. The summed E-state index contributed by atoms with van der Waals surface area (Å²) < 4.78 is 34.8. The number of ether oxygens (including phenoxy) is 1. The van der Waals surface area contributed by atoms with Gasteiger partial charge in [-0.3, -0.25) is 13.9 Å². The molecule has 0 bridgehead atoms. The highest BCUT2D eigenvalue weighted by Crippen LogP contribution is 2.28. The van der Waals surface area contributed by atoms with Crippen molar-refractivity contribution in [3.63, 3.8) is 0 Å². The molecule has 45 heavy (non-hydrogen) atoms. The van der Waals surface area contributed by atoms with Crippen molar-refractivity contribution in [1.29, 1.82) is 0 Å². The van der Waals surface area contributed by atoms with E-state index in [1.54, 1.807) is 56.5 Å². The van der Waals surface area contributed by atoms with Gasteiger partial charge in [0.2, 0.25) is 11.8 Å². The third kappa shape index (κ3) is 8.73. The molecule has 236 valence electrons. The fourth-order valence-corrected chi connectivity index (χ4v) is 6.52. The van der Waals surface area contributed by atoms with E-state index >= 15 is 0 Å². The van der Waals surface area contributed by atoms with Gasteiger partial charge in [0.1, 0.15) is 18.3 Å². The van der Waals surface area contributed by atoms with Crippen LogP contribution in [0, 0.1) is 12.8 Å². The van der Waals surface area contributed by atoms with Crippen LogP contribution in [0.2, 0.25) is 0 Å². The minimum atomic E-state index is -4.15. The Kier molecular flexibility index (Phi) is 11.4. The van der Waals surface area contributed by atoms with Gasteiger partial charge in [-0.05, 0) is 59.9 Å². The first kappa shape index (κ1) is 33.3. The predicted molar refractivity (Wildman–Crippen MR) is 177 cm³/mol. The van der Waals surface area contributed by atoms with Gasteiger partial charge < -0.3 is 15.0 Å². The van der Waals surface area contributed by atoms with Crippen molar-refractivity contribution in [2.24, 2.45) is 5.92 Å². The van der Waals surface area contributed by atoms with Crippen molar-refractivity contribution in [1.82, 2.24) is 10.2 Å². The van der Waals surface area contributed by atoms with Crippen LogP contribution >= 0.6 is 0 Å². The lowest BCUT2D eigenvalue weighted by molar-refractivity contribution is -0.140. The van der Waals surface area contributed by atoms with Gasteiger partial charge in [0.25, 0.3) is 10.0 Å². The fourth-order valence-electron chi connectivity index (χ4n) is 5.02. The van der Waals surface area contributed by atoms with Crippen molar-refractivity contribution in [2.45, 2.75) is 44.7 Å². The molecule has 0 radical (unpaired) electrons. The van der Waals surface area contributed by atoms with E-state index < -0.39 is 28.5 Å². The molecule has 2 amide bonds. The van der Waals surface area contributed by atoms with Gasteiger partial charge in [0.15, 0.2) is 0 Å². The summed E-state index contributed by atoms with van der Waals surface area (Å²) in [5.41, 5.74) is 2.70. The number of benzene rings is 4. The zero-order valence-corrected chi connectivity index (χ0v) is 27.0. The number of aryl methyl sites for hydroxylation is 1. The maximum Gasteiger partial charge on any atom is 0.264 e. The molecule has 0 heterocycles. The van der Waals surface area contributed by atoms with Gasteiger partial charge in [-0.15, -0.1) is 0 Å². The molecule has 9 heteroatoms. The molecule has 0 aromatic heterocycles. The smallest absolute Gasteiger partial charge is 0.264 e. The zero-order chi connectivity index (χ0) is 32.4. The first-order valence-electron chi connectivity index (χ1n) is 15.0. The molecular weight excluding hydrogens is 586 g/mol. The molecule has 4 aromatic rings. The SMILES string of the molecule is COc1cccc(CN(C(=O)CN(c2ccccc2C)S(=O)(=O)c2ccccc2)[C@H](Cc2ccccc2)C(=O)NCC(C)C)c1. The van der Waals surface area contributed by atoms with Gasteiger partial charge in [-0.2, -0.15) is 0 Å². The third-order valence-electron chi connectivity index (χ3n) is 7.44. The number of para-hydroxylation sites is 1.